The maximum atomic E-state index is 11.6. The average Bonchev–Trinajstić information content (AvgIpc) is 3.08. The van der Waals surface area contributed by atoms with Gasteiger partial charge in [-0.05, 0) is 35.4 Å². The second kappa shape index (κ2) is 6.97. The van der Waals surface area contributed by atoms with Gasteiger partial charge in [0.25, 0.3) is 11.8 Å². The molecule has 0 saturated carbocycles. The zero-order valence-corrected chi connectivity index (χ0v) is 12.4. The van der Waals surface area contributed by atoms with Gasteiger partial charge in [0.2, 0.25) is 0 Å². The standard InChI is InChI=1S/C13H13N3O2S2/c1-9-4-6-20-11(9)7-15-16-12(17)8-14-13(18)10-3-2-5-19-10/h2-7H,8H2,1H3,(H,14,18)(H,16,17)/b15-7+. The van der Waals surface area contributed by atoms with Gasteiger partial charge >= 0.3 is 0 Å². The molecule has 0 unspecified atom stereocenters. The van der Waals surface area contributed by atoms with Crippen molar-refractivity contribution in [2.24, 2.45) is 5.10 Å². The molecule has 0 saturated heterocycles. The summed E-state index contributed by atoms with van der Waals surface area (Å²) in [6, 6.07) is 5.47. The molecule has 0 aromatic carbocycles. The summed E-state index contributed by atoms with van der Waals surface area (Å²) in [7, 11) is 0. The number of nitrogens with zero attached hydrogens (tertiary/aromatic N) is 1. The van der Waals surface area contributed by atoms with Crippen LogP contribution in [0.3, 0.4) is 0 Å². The third kappa shape index (κ3) is 4.01. The summed E-state index contributed by atoms with van der Waals surface area (Å²) in [6.07, 6.45) is 1.60. The van der Waals surface area contributed by atoms with E-state index in [1.165, 1.54) is 11.3 Å². The van der Waals surface area contributed by atoms with E-state index in [2.05, 4.69) is 15.8 Å². The fourth-order valence-corrected chi connectivity index (χ4v) is 2.80. The molecule has 2 aromatic heterocycles. The number of carbonyl (C=O) groups is 2. The molecule has 2 N–H and O–H groups in total. The monoisotopic (exact) mass is 307 g/mol. The Labute approximate surface area is 124 Å². The zero-order valence-electron chi connectivity index (χ0n) is 10.8. The van der Waals surface area contributed by atoms with E-state index in [-0.39, 0.29) is 18.4 Å². The van der Waals surface area contributed by atoms with Gasteiger partial charge in [-0.25, -0.2) is 5.43 Å². The van der Waals surface area contributed by atoms with Crippen LogP contribution < -0.4 is 10.7 Å². The molecule has 2 amide bonds. The van der Waals surface area contributed by atoms with Crippen molar-refractivity contribution in [3.8, 4) is 0 Å². The van der Waals surface area contributed by atoms with Crippen LogP contribution in [0.5, 0.6) is 0 Å². The van der Waals surface area contributed by atoms with Gasteiger partial charge in [-0.2, -0.15) is 5.10 Å². The Morgan fingerprint density at radius 3 is 2.80 bits per heavy atom. The molecule has 7 heteroatoms. The smallest absolute Gasteiger partial charge is 0.261 e. The van der Waals surface area contributed by atoms with E-state index in [4.69, 9.17) is 0 Å². The molecule has 0 aliphatic rings. The first-order chi connectivity index (χ1) is 9.66. The van der Waals surface area contributed by atoms with Crippen molar-refractivity contribution in [1.82, 2.24) is 10.7 Å². The van der Waals surface area contributed by atoms with E-state index < -0.39 is 0 Å². The number of hydrogen-bond acceptors (Lipinski definition) is 5. The maximum Gasteiger partial charge on any atom is 0.261 e. The fraction of sp³-hybridized carbons (Fsp3) is 0.154. The Morgan fingerprint density at radius 2 is 2.15 bits per heavy atom. The summed E-state index contributed by atoms with van der Waals surface area (Å²) in [6.45, 7) is 1.87. The highest BCUT2D eigenvalue weighted by Gasteiger charge is 2.07. The number of thiophene rings is 2. The average molecular weight is 307 g/mol. The first-order valence-corrected chi connectivity index (χ1v) is 7.60. The molecular formula is C13H13N3O2S2. The highest BCUT2D eigenvalue weighted by atomic mass is 32.1. The summed E-state index contributed by atoms with van der Waals surface area (Å²) in [5, 5.41) is 10.1. The molecule has 0 atom stereocenters. The van der Waals surface area contributed by atoms with Crippen molar-refractivity contribution in [1.29, 1.82) is 0 Å². The van der Waals surface area contributed by atoms with Crippen molar-refractivity contribution in [2.45, 2.75) is 6.92 Å². The molecule has 2 rings (SSSR count). The molecule has 0 aliphatic carbocycles. The molecule has 2 heterocycles. The summed E-state index contributed by atoms with van der Waals surface area (Å²) >= 11 is 2.88. The first kappa shape index (κ1) is 14.4. The van der Waals surface area contributed by atoms with Gasteiger partial charge in [-0.3, -0.25) is 9.59 Å². The minimum atomic E-state index is -0.361. The lowest BCUT2D eigenvalue weighted by Gasteiger charge is -2.01. The van der Waals surface area contributed by atoms with E-state index in [1.54, 1.807) is 29.7 Å². The van der Waals surface area contributed by atoms with E-state index in [1.807, 2.05) is 23.8 Å². The Hall–Kier alpha value is -1.99. The summed E-state index contributed by atoms with van der Waals surface area (Å²) in [5.74, 6) is -0.617. The Bertz CT molecular complexity index is 617. The number of amides is 2. The van der Waals surface area contributed by atoms with E-state index >= 15 is 0 Å². The quantitative estimate of drug-likeness (QED) is 0.655. The fourth-order valence-electron chi connectivity index (χ4n) is 1.37. The molecule has 5 nitrogen and oxygen atoms in total. The molecular weight excluding hydrogens is 294 g/mol. The normalized spacial score (nSPS) is 10.7. The van der Waals surface area contributed by atoms with Gasteiger partial charge in [0.1, 0.15) is 0 Å². The number of hydrogen-bond donors (Lipinski definition) is 2. The highest BCUT2D eigenvalue weighted by Crippen LogP contribution is 2.12. The molecule has 0 aliphatic heterocycles. The lowest BCUT2D eigenvalue weighted by atomic mass is 10.3. The van der Waals surface area contributed by atoms with Crippen LogP contribution in [0.1, 0.15) is 20.1 Å². The van der Waals surface area contributed by atoms with Gasteiger partial charge in [0, 0.05) is 4.88 Å². The molecule has 0 radical (unpaired) electrons. The maximum absolute atomic E-state index is 11.6. The number of nitrogens with one attached hydrogen (secondary N) is 2. The number of aryl methyl sites for hydroxylation is 1. The van der Waals surface area contributed by atoms with E-state index in [0.717, 1.165) is 10.4 Å². The van der Waals surface area contributed by atoms with Crippen molar-refractivity contribution in [3.63, 3.8) is 0 Å². The lowest BCUT2D eigenvalue weighted by Crippen LogP contribution is -2.34. The van der Waals surface area contributed by atoms with Crippen LogP contribution >= 0.6 is 22.7 Å². The summed E-state index contributed by atoms with van der Waals surface area (Å²) < 4.78 is 0. The molecule has 2 aromatic rings. The largest absolute Gasteiger partial charge is 0.342 e. The van der Waals surface area contributed by atoms with Gasteiger partial charge in [0.15, 0.2) is 0 Å². The zero-order chi connectivity index (χ0) is 14.4. The van der Waals surface area contributed by atoms with Gasteiger partial charge in [0.05, 0.1) is 17.6 Å². The second-order valence-electron chi connectivity index (χ2n) is 3.92. The Kier molecular flexibility index (Phi) is 5.03. The highest BCUT2D eigenvalue weighted by molar-refractivity contribution is 7.12. The Morgan fingerprint density at radius 1 is 1.30 bits per heavy atom. The first-order valence-electron chi connectivity index (χ1n) is 5.84. The van der Waals surface area contributed by atoms with Gasteiger partial charge < -0.3 is 5.32 Å². The van der Waals surface area contributed by atoms with Crippen LogP contribution in [0.25, 0.3) is 0 Å². The SMILES string of the molecule is Cc1ccsc1/C=N/NC(=O)CNC(=O)c1cccs1. The molecule has 0 spiro atoms. The van der Waals surface area contributed by atoms with Gasteiger partial charge in [-0.15, -0.1) is 22.7 Å². The minimum Gasteiger partial charge on any atom is -0.342 e. The van der Waals surface area contributed by atoms with E-state index in [0.29, 0.717) is 4.88 Å². The van der Waals surface area contributed by atoms with Gasteiger partial charge in [-0.1, -0.05) is 6.07 Å². The predicted octanol–water partition coefficient (Wildman–Crippen LogP) is 2.00. The lowest BCUT2D eigenvalue weighted by molar-refractivity contribution is -0.120. The molecule has 104 valence electrons. The summed E-state index contributed by atoms with van der Waals surface area (Å²) in [5.41, 5.74) is 3.48. The van der Waals surface area contributed by atoms with Crippen LogP contribution in [0.4, 0.5) is 0 Å². The third-order valence-corrected chi connectivity index (χ3v) is 4.25. The second-order valence-corrected chi connectivity index (χ2v) is 5.82. The summed E-state index contributed by atoms with van der Waals surface area (Å²) in [4.78, 5) is 24.7. The minimum absolute atomic E-state index is 0.0997. The van der Waals surface area contributed by atoms with E-state index in [9.17, 15) is 9.59 Å². The molecule has 0 bridgehead atoms. The molecule has 0 fully saturated rings. The van der Waals surface area contributed by atoms with Crippen LogP contribution in [0, 0.1) is 6.92 Å². The Balaban J connectivity index is 1.75. The van der Waals surface area contributed by atoms with Crippen LogP contribution in [-0.4, -0.2) is 24.6 Å². The number of carbonyl (C=O) groups excluding carboxylic acids is 2. The van der Waals surface area contributed by atoms with Crippen molar-refractivity contribution in [3.05, 3.63) is 44.3 Å². The molecule has 20 heavy (non-hydrogen) atoms. The van der Waals surface area contributed by atoms with Crippen molar-refractivity contribution >= 4 is 40.7 Å². The third-order valence-electron chi connectivity index (χ3n) is 2.43. The van der Waals surface area contributed by atoms with Crippen LogP contribution in [-0.2, 0) is 4.79 Å². The predicted molar refractivity (Wildman–Crippen MR) is 81.4 cm³/mol. The van der Waals surface area contributed by atoms with Crippen LogP contribution in [0.15, 0.2) is 34.1 Å². The van der Waals surface area contributed by atoms with Crippen LogP contribution in [0.2, 0.25) is 0 Å². The van der Waals surface area contributed by atoms with Crippen molar-refractivity contribution in [2.75, 3.05) is 6.54 Å². The van der Waals surface area contributed by atoms with Crippen molar-refractivity contribution < 1.29 is 9.59 Å². The number of rotatable bonds is 5. The number of hydrazone groups is 1. The topological polar surface area (TPSA) is 70.6 Å².